The maximum absolute atomic E-state index is 12.2. The van der Waals surface area contributed by atoms with Gasteiger partial charge < -0.3 is 4.57 Å². The minimum atomic E-state index is -1.11. The lowest BCUT2D eigenvalue weighted by Gasteiger charge is -2.06. The molecule has 2 aromatic rings. The smallest absolute Gasteiger partial charge is 0.195 e. The second kappa shape index (κ2) is 6.85. The molecule has 4 nitrogen and oxygen atoms in total. The van der Waals surface area contributed by atoms with E-state index in [0.29, 0.717) is 38.7 Å². The third-order valence-corrected chi connectivity index (χ3v) is 4.89. The topological polar surface area (TPSA) is 50.7 Å². The molecule has 0 spiro atoms. The summed E-state index contributed by atoms with van der Waals surface area (Å²) in [6.07, 6.45) is 0. The summed E-state index contributed by atoms with van der Waals surface area (Å²) in [7, 11) is -1.11. The van der Waals surface area contributed by atoms with Gasteiger partial charge in [-0.2, -0.15) is 5.10 Å². The van der Waals surface area contributed by atoms with Crippen LogP contribution in [-0.2, 0) is 28.9 Å². The number of nitrogens with zero attached hydrogens (tertiary/aromatic N) is 2. The zero-order valence-corrected chi connectivity index (χ0v) is 13.9. The number of nitrogens with one attached hydrogen (secondary N) is 1. The quantitative estimate of drug-likeness (QED) is 0.837. The Morgan fingerprint density at radius 1 is 1.40 bits per heavy atom. The molecule has 0 saturated carbocycles. The molecule has 0 aliphatic rings. The van der Waals surface area contributed by atoms with Gasteiger partial charge in [-0.25, -0.2) is 0 Å². The van der Waals surface area contributed by atoms with Crippen molar-refractivity contribution in [2.75, 3.05) is 0 Å². The SMILES string of the molecule is CCn1c(C[S@](=O)Cc2ccc(Cl)cc2Cl)n[nH]c1=S. The van der Waals surface area contributed by atoms with Crippen molar-refractivity contribution in [2.24, 2.45) is 0 Å². The Kier molecular flexibility index (Phi) is 5.37. The predicted molar refractivity (Wildman–Crippen MR) is 85.1 cm³/mol. The zero-order valence-electron chi connectivity index (χ0n) is 10.7. The molecule has 0 aliphatic carbocycles. The molecule has 0 bridgehead atoms. The van der Waals surface area contributed by atoms with Crippen LogP contribution < -0.4 is 0 Å². The van der Waals surface area contributed by atoms with Gasteiger partial charge in [0.1, 0.15) is 5.82 Å². The molecule has 0 fully saturated rings. The van der Waals surface area contributed by atoms with Crippen molar-refractivity contribution in [3.8, 4) is 0 Å². The van der Waals surface area contributed by atoms with Gasteiger partial charge in [0, 0.05) is 27.4 Å². The highest BCUT2D eigenvalue weighted by molar-refractivity contribution is 7.83. The molecular formula is C12H13Cl2N3OS2. The largest absolute Gasteiger partial charge is 0.304 e. The maximum atomic E-state index is 12.2. The monoisotopic (exact) mass is 349 g/mol. The van der Waals surface area contributed by atoms with Crippen molar-refractivity contribution in [1.82, 2.24) is 14.8 Å². The minimum Gasteiger partial charge on any atom is -0.304 e. The normalized spacial score (nSPS) is 12.6. The average Bonchev–Trinajstić information content (AvgIpc) is 2.73. The van der Waals surface area contributed by atoms with Gasteiger partial charge in [-0.05, 0) is 36.8 Å². The lowest BCUT2D eigenvalue weighted by atomic mass is 10.2. The van der Waals surface area contributed by atoms with Gasteiger partial charge in [0.2, 0.25) is 0 Å². The maximum Gasteiger partial charge on any atom is 0.195 e. The van der Waals surface area contributed by atoms with E-state index >= 15 is 0 Å². The summed E-state index contributed by atoms with van der Waals surface area (Å²) in [5.41, 5.74) is 0.812. The Balaban J connectivity index is 2.11. The summed E-state index contributed by atoms with van der Waals surface area (Å²) in [4.78, 5) is 0. The molecule has 1 atom stereocenters. The number of H-pyrrole nitrogens is 1. The molecule has 108 valence electrons. The van der Waals surface area contributed by atoms with E-state index in [0.717, 1.165) is 5.56 Å². The average molecular weight is 350 g/mol. The Labute approximate surface area is 134 Å². The van der Waals surface area contributed by atoms with Gasteiger partial charge in [-0.15, -0.1) is 0 Å². The van der Waals surface area contributed by atoms with E-state index in [1.54, 1.807) is 18.2 Å². The van der Waals surface area contributed by atoms with Crippen LogP contribution in [0.4, 0.5) is 0 Å². The minimum absolute atomic E-state index is 0.333. The molecular weight excluding hydrogens is 337 g/mol. The van der Waals surface area contributed by atoms with E-state index in [1.807, 2.05) is 11.5 Å². The van der Waals surface area contributed by atoms with Crippen molar-refractivity contribution in [2.45, 2.75) is 25.0 Å². The number of aromatic amines is 1. The molecule has 8 heteroatoms. The molecule has 0 amide bonds. The van der Waals surface area contributed by atoms with Crippen molar-refractivity contribution in [3.63, 3.8) is 0 Å². The third kappa shape index (κ3) is 3.69. The highest BCUT2D eigenvalue weighted by Crippen LogP contribution is 2.22. The van der Waals surface area contributed by atoms with E-state index in [1.165, 1.54) is 0 Å². The second-order valence-corrected chi connectivity index (χ2v) is 6.84. The summed E-state index contributed by atoms with van der Waals surface area (Å²) in [5.74, 6) is 1.39. The summed E-state index contributed by atoms with van der Waals surface area (Å²) in [6.45, 7) is 2.66. The Morgan fingerprint density at radius 2 is 2.15 bits per heavy atom. The van der Waals surface area contributed by atoms with Crippen LogP contribution >= 0.6 is 35.4 Å². The number of rotatable bonds is 5. The Hall–Kier alpha value is -0.690. The van der Waals surface area contributed by atoms with E-state index < -0.39 is 10.8 Å². The van der Waals surface area contributed by atoms with Crippen LogP contribution in [-0.4, -0.2) is 19.0 Å². The van der Waals surface area contributed by atoms with Gasteiger partial charge in [0.25, 0.3) is 0 Å². The van der Waals surface area contributed by atoms with Gasteiger partial charge in [0.05, 0.1) is 11.5 Å². The molecule has 1 aromatic heterocycles. The molecule has 0 aliphatic heterocycles. The number of halogens is 2. The van der Waals surface area contributed by atoms with Crippen LogP contribution in [0.15, 0.2) is 18.2 Å². The number of hydrogen-bond donors (Lipinski definition) is 1. The molecule has 2 rings (SSSR count). The first-order valence-electron chi connectivity index (χ1n) is 5.94. The molecule has 0 radical (unpaired) electrons. The number of benzene rings is 1. The second-order valence-electron chi connectivity index (χ2n) is 4.15. The van der Waals surface area contributed by atoms with E-state index in [-0.39, 0.29) is 0 Å². The van der Waals surface area contributed by atoms with Crippen LogP contribution in [0.5, 0.6) is 0 Å². The third-order valence-electron chi connectivity index (χ3n) is 2.78. The van der Waals surface area contributed by atoms with Crippen LogP contribution in [0.2, 0.25) is 10.0 Å². The summed E-state index contributed by atoms with van der Waals surface area (Å²) in [6, 6.07) is 5.18. The Morgan fingerprint density at radius 3 is 2.80 bits per heavy atom. The summed E-state index contributed by atoms with van der Waals surface area (Å²) >= 11 is 17.0. The molecule has 1 heterocycles. The fourth-order valence-corrected chi connectivity index (χ4v) is 3.84. The van der Waals surface area contributed by atoms with Gasteiger partial charge in [-0.1, -0.05) is 29.3 Å². The summed E-state index contributed by atoms with van der Waals surface area (Å²) in [5, 5.41) is 7.91. The van der Waals surface area contributed by atoms with Crippen molar-refractivity contribution < 1.29 is 4.21 Å². The van der Waals surface area contributed by atoms with E-state index in [4.69, 9.17) is 35.4 Å². The van der Waals surface area contributed by atoms with Crippen LogP contribution in [0.1, 0.15) is 18.3 Å². The lowest BCUT2D eigenvalue weighted by molar-refractivity contribution is 0.673. The lowest BCUT2D eigenvalue weighted by Crippen LogP contribution is -2.07. The molecule has 1 aromatic carbocycles. The first-order chi connectivity index (χ1) is 9.51. The predicted octanol–water partition coefficient (Wildman–Crippen LogP) is 3.72. The first kappa shape index (κ1) is 15.7. The van der Waals surface area contributed by atoms with E-state index in [9.17, 15) is 4.21 Å². The highest BCUT2D eigenvalue weighted by Gasteiger charge is 2.11. The fraction of sp³-hybridized carbons (Fsp3) is 0.333. The number of aromatic nitrogens is 3. The molecule has 0 saturated heterocycles. The molecule has 0 unspecified atom stereocenters. The zero-order chi connectivity index (χ0) is 14.7. The van der Waals surface area contributed by atoms with Gasteiger partial charge >= 0.3 is 0 Å². The van der Waals surface area contributed by atoms with Crippen molar-refractivity contribution in [3.05, 3.63) is 44.4 Å². The van der Waals surface area contributed by atoms with Crippen molar-refractivity contribution >= 4 is 46.2 Å². The van der Waals surface area contributed by atoms with Gasteiger partial charge in [-0.3, -0.25) is 9.31 Å². The number of hydrogen-bond acceptors (Lipinski definition) is 3. The van der Waals surface area contributed by atoms with Crippen molar-refractivity contribution in [1.29, 1.82) is 0 Å². The highest BCUT2D eigenvalue weighted by atomic mass is 35.5. The fourth-order valence-electron chi connectivity index (χ4n) is 1.79. The molecule has 1 N–H and O–H groups in total. The standard InChI is InChI=1S/C12H13Cl2N3OS2/c1-2-17-11(15-16-12(17)19)7-20(18)6-8-3-4-9(13)5-10(8)14/h3-5H,2,6-7H2,1H3,(H,16,19)/t20-/m1/s1. The van der Waals surface area contributed by atoms with Crippen LogP contribution in [0.25, 0.3) is 0 Å². The molecule has 20 heavy (non-hydrogen) atoms. The van der Waals surface area contributed by atoms with Gasteiger partial charge in [0.15, 0.2) is 4.77 Å². The Bertz CT molecular complexity index is 696. The van der Waals surface area contributed by atoms with Crippen LogP contribution in [0, 0.1) is 4.77 Å². The first-order valence-corrected chi connectivity index (χ1v) is 8.59. The van der Waals surface area contributed by atoms with E-state index in [2.05, 4.69) is 10.2 Å². The summed E-state index contributed by atoms with van der Waals surface area (Å²) < 4.78 is 14.6. The van der Waals surface area contributed by atoms with Crippen LogP contribution in [0.3, 0.4) is 0 Å².